The van der Waals surface area contributed by atoms with Crippen LogP contribution >= 0.6 is 0 Å². The summed E-state index contributed by atoms with van der Waals surface area (Å²) in [6, 6.07) is 15.4. The Hall–Kier alpha value is -3.67. The number of amides is 1. The van der Waals surface area contributed by atoms with E-state index in [4.69, 9.17) is 4.42 Å². The lowest BCUT2D eigenvalue weighted by molar-refractivity contribution is -0.113. The number of hydrogen-bond donors (Lipinski definition) is 1. The van der Waals surface area contributed by atoms with Gasteiger partial charge in [0.2, 0.25) is 0 Å². The van der Waals surface area contributed by atoms with Crippen molar-refractivity contribution in [2.24, 2.45) is 4.99 Å². The number of hydrogen-bond acceptors (Lipinski definition) is 4. The van der Waals surface area contributed by atoms with Gasteiger partial charge < -0.3 is 9.52 Å². The lowest BCUT2D eigenvalue weighted by atomic mass is 10.1. The summed E-state index contributed by atoms with van der Waals surface area (Å²) in [4.78, 5) is 18.8. The second-order valence-corrected chi connectivity index (χ2v) is 5.64. The van der Waals surface area contributed by atoms with E-state index in [9.17, 15) is 14.3 Å². The van der Waals surface area contributed by atoms with Crippen LogP contribution in [0.5, 0.6) is 5.75 Å². The first-order valence-electron chi connectivity index (χ1n) is 7.85. The van der Waals surface area contributed by atoms with Gasteiger partial charge in [0, 0.05) is 11.6 Å². The van der Waals surface area contributed by atoms with Crippen molar-refractivity contribution in [2.45, 2.75) is 0 Å². The van der Waals surface area contributed by atoms with Crippen LogP contribution in [0.15, 0.2) is 82.0 Å². The van der Waals surface area contributed by atoms with Crippen LogP contribution in [0.25, 0.3) is 6.08 Å². The number of nitrogens with zero attached hydrogens (tertiary/aromatic N) is 2. The van der Waals surface area contributed by atoms with Crippen LogP contribution in [0.4, 0.5) is 10.1 Å². The molecule has 1 aliphatic heterocycles. The van der Waals surface area contributed by atoms with Gasteiger partial charge in [0.15, 0.2) is 0 Å². The van der Waals surface area contributed by atoms with E-state index in [1.165, 1.54) is 35.4 Å². The number of anilines is 1. The highest BCUT2D eigenvalue weighted by molar-refractivity contribution is 6.33. The normalized spacial score (nSPS) is 15.6. The number of halogens is 1. The number of amidine groups is 1. The predicted octanol–water partition coefficient (Wildman–Crippen LogP) is 3.96. The number of benzene rings is 2. The van der Waals surface area contributed by atoms with Crippen LogP contribution in [0, 0.1) is 5.82 Å². The Kier molecular flexibility index (Phi) is 3.85. The molecule has 128 valence electrons. The minimum Gasteiger partial charge on any atom is -0.508 e. The molecule has 0 bridgehead atoms. The summed E-state index contributed by atoms with van der Waals surface area (Å²) >= 11 is 0. The number of aliphatic imine (C=N–C) groups is 1. The van der Waals surface area contributed by atoms with Gasteiger partial charge in [-0.2, -0.15) is 0 Å². The molecule has 0 saturated carbocycles. The Morgan fingerprint density at radius 3 is 2.42 bits per heavy atom. The van der Waals surface area contributed by atoms with Crippen molar-refractivity contribution in [1.29, 1.82) is 0 Å². The minimum atomic E-state index is -0.374. The van der Waals surface area contributed by atoms with Gasteiger partial charge in [0.1, 0.15) is 28.9 Å². The number of carbonyl (C=O) groups is 1. The maximum Gasteiger partial charge on any atom is 0.282 e. The zero-order valence-electron chi connectivity index (χ0n) is 13.5. The third-order valence-corrected chi connectivity index (χ3v) is 3.89. The number of phenols is 1. The molecule has 1 aromatic heterocycles. The molecule has 6 heteroatoms. The molecule has 1 N–H and O–H groups in total. The van der Waals surface area contributed by atoms with Gasteiger partial charge in [-0.25, -0.2) is 9.38 Å². The number of carbonyl (C=O) groups excluding carboxylic acids is 1. The molecule has 2 aromatic carbocycles. The van der Waals surface area contributed by atoms with E-state index in [1.807, 2.05) is 0 Å². The lowest BCUT2D eigenvalue weighted by Gasteiger charge is -2.18. The van der Waals surface area contributed by atoms with E-state index in [1.54, 1.807) is 42.5 Å². The summed E-state index contributed by atoms with van der Waals surface area (Å²) in [5, 5.41) is 9.50. The first kappa shape index (κ1) is 15.8. The average molecular weight is 348 g/mol. The molecule has 26 heavy (non-hydrogen) atoms. The van der Waals surface area contributed by atoms with Crippen molar-refractivity contribution < 1.29 is 18.7 Å². The van der Waals surface area contributed by atoms with Gasteiger partial charge in [-0.05, 0) is 60.7 Å². The minimum absolute atomic E-state index is 0.0898. The van der Waals surface area contributed by atoms with E-state index in [0.717, 1.165) is 0 Å². The monoisotopic (exact) mass is 348 g/mol. The van der Waals surface area contributed by atoms with Crippen LogP contribution in [-0.2, 0) is 4.79 Å². The molecule has 1 amide bonds. The maximum absolute atomic E-state index is 13.3. The molecular weight excluding hydrogens is 335 g/mol. The lowest BCUT2D eigenvalue weighted by Crippen LogP contribution is -2.32. The summed E-state index contributed by atoms with van der Waals surface area (Å²) in [5.41, 5.74) is 1.33. The number of furan rings is 1. The second-order valence-electron chi connectivity index (χ2n) is 5.64. The van der Waals surface area contributed by atoms with E-state index in [0.29, 0.717) is 22.8 Å². The van der Waals surface area contributed by atoms with Crippen LogP contribution < -0.4 is 4.90 Å². The molecule has 0 fully saturated rings. The third-order valence-electron chi connectivity index (χ3n) is 3.89. The van der Waals surface area contributed by atoms with Crippen molar-refractivity contribution in [2.75, 3.05) is 4.90 Å². The van der Waals surface area contributed by atoms with Gasteiger partial charge in [0.05, 0.1) is 12.0 Å². The first-order valence-corrected chi connectivity index (χ1v) is 7.85. The summed E-state index contributed by atoms with van der Waals surface area (Å²) < 4.78 is 18.5. The molecular formula is C20H13FN2O3. The molecule has 4 rings (SSSR count). The van der Waals surface area contributed by atoms with E-state index in [2.05, 4.69) is 4.99 Å². The Labute approximate surface area is 148 Å². The Morgan fingerprint density at radius 1 is 1.04 bits per heavy atom. The van der Waals surface area contributed by atoms with Crippen molar-refractivity contribution in [1.82, 2.24) is 0 Å². The Morgan fingerprint density at radius 2 is 1.77 bits per heavy atom. The third kappa shape index (κ3) is 2.88. The van der Waals surface area contributed by atoms with Gasteiger partial charge >= 0.3 is 0 Å². The summed E-state index contributed by atoms with van der Waals surface area (Å²) in [6.45, 7) is 0. The molecule has 0 unspecified atom stereocenters. The topological polar surface area (TPSA) is 66.0 Å². The maximum atomic E-state index is 13.3. The van der Waals surface area contributed by atoms with Gasteiger partial charge in [-0.3, -0.25) is 9.69 Å². The average Bonchev–Trinajstić information content (AvgIpc) is 3.26. The highest BCUT2D eigenvalue weighted by Crippen LogP contribution is 2.29. The van der Waals surface area contributed by atoms with E-state index >= 15 is 0 Å². The van der Waals surface area contributed by atoms with Crippen molar-refractivity contribution in [3.63, 3.8) is 0 Å². The van der Waals surface area contributed by atoms with Crippen molar-refractivity contribution in [3.8, 4) is 5.75 Å². The summed E-state index contributed by atoms with van der Waals surface area (Å²) in [5.74, 6) is 0.251. The fourth-order valence-electron chi connectivity index (χ4n) is 2.66. The quantitative estimate of drug-likeness (QED) is 0.729. The largest absolute Gasteiger partial charge is 0.508 e. The number of aromatic hydroxyl groups is 1. The summed E-state index contributed by atoms with van der Waals surface area (Å²) in [6.07, 6.45) is 3.06. The summed E-state index contributed by atoms with van der Waals surface area (Å²) in [7, 11) is 0. The van der Waals surface area contributed by atoms with Crippen LogP contribution in [0.3, 0.4) is 0 Å². The molecule has 0 radical (unpaired) electrons. The molecule has 1 aliphatic rings. The zero-order chi connectivity index (χ0) is 18.1. The standard InChI is InChI=1S/C20H13FN2O3/c21-14-5-3-13(4-6-14)19-22-18(12-17-2-1-11-26-17)20(25)23(19)15-7-9-16(24)10-8-15/h1-12,24H/b18-12+. The SMILES string of the molecule is O=C1/C(=C\c2ccco2)N=C(c2ccc(F)cc2)N1c1ccc(O)cc1. The highest BCUT2D eigenvalue weighted by atomic mass is 19.1. The van der Waals surface area contributed by atoms with E-state index < -0.39 is 0 Å². The number of phenolic OH excluding ortho intramolecular Hbond substituents is 1. The predicted molar refractivity (Wildman–Crippen MR) is 95.2 cm³/mol. The Bertz CT molecular complexity index is 1000. The van der Waals surface area contributed by atoms with E-state index in [-0.39, 0.29) is 23.2 Å². The molecule has 0 aliphatic carbocycles. The van der Waals surface area contributed by atoms with Crippen LogP contribution in [0.2, 0.25) is 0 Å². The van der Waals surface area contributed by atoms with Gasteiger partial charge in [-0.1, -0.05) is 0 Å². The number of rotatable bonds is 3. The molecule has 0 spiro atoms. The molecule has 0 saturated heterocycles. The Balaban J connectivity index is 1.82. The first-order chi connectivity index (χ1) is 12.6. The molecule has 0 atom stereocenters. The molecule has 2 heterocycles. The smallest absolute Gasteiger partial charge is 0.282 e. The zero-order valence-corrected chi connectivity index (χ0v) is 13.5. The van der Waals surface area contributed by atoms with Crippen molar-refractivity contribution >= 4 is 23.5 Å². The fourth-order valence-corrected chi connectivity index (χ4v) is 2.66. The van der Waals surface area contributed by atoms with Crippen LogP contribution in [0.1, 0.15) is 11.3 Å². The fraction of sp³-hybridized carbons (Fsp3) is 0. The van der Waals surface area contributed by atoms with Gasteiger partial charge in [-0.15, -0.1) is 0 Å². The molecule has 5 nitrogen and oxygen atoms in total. The second kappa shape index (κ2) is 6.33. The van der Waals surface area contributed by atoms with Crippen molar-refractivity contribution in [3.05, 3.63) is 89.8 Å². The molecule has 3 aromatic rings. The highest BCUT2D eigenvalue weighted by Gasteiger charge is 2.32. The van der Waals surface area contributed by atoms with Crippen LogP contribution in [-0.4, -0.2) is 16.8 Å². The van der Waals surface area contributed by atoms with Gasteiger partial charge in [0.25, 0.3) is 5.91 Å².